The zero-order chi connectivity index (χ0) is 11.5. The Labute approximate surface area is 90.5 Å². The number of amidine groups is 1. The van der Waals surface area contributed by atoms with Crippen molar-refractivity contribution in [2.75, 3.05) is 0 Å². The van der Waals surface area contributed by atoms with Gasteiger partial charge in [-0.25, -0.2) is 5.84 Å². The Bertz CT molecular complexity index is 347. The van der Waals surface area contributed by atoms with Crippen LogP contribution in [0.5, 0.6) is 0 Å². The summed E-state index contributed by atoms with van der Waals surface area (Å²) in [6, 6.07) is 3.81. The van der Waals surface area contributed by atoms with Gasteiger partial charge in [-0.15, -0.1) is 0 Å². The number of hydrogen-bond donors (Lipinski definition) is 2. The third-order valence-corrected chi connectivity index (χ3v) is 1.83. The lowest BCUT2D eigenvalue weighted by Gasteiger charge is -2.14. The Morgan fingerprint density at radius 1 is 1.47 bits per heavy atom. The summed E-state index contributed by atoms with van der Waals surface area (Å²) in [5.74, 6) is 7.62. The summed E-state index contributed by atoms with van der Waals surface area (Å²) in [4.78, 5) is 4.43. The van der Waals surface area contributed by atoms with Crippen molar-refractivity contribution < 1.29 is 4.42 Å². The third kappa shape index (κ3) is 3.40. The number of nitrogens with two attached hydrogens (primary N) is 1. The molecule has 0 aliphatic rings. The van der Waals surface area contributed by atoms with Crippen molar-refractivity contribution in [3.05, 3.63) is 23.7 Å². The van der Waals surface area contributed by atoms with Crippen LogP contribution in [0.25, 0.3) is 0 Å². The highest BCUT2D eigenvalue weighted by Gasteiger charge is 2.13. The van der Waals surface area contributed by atoms with E-state index in [4.69, 9.17) is 10.3 Å². The maximum absolute atomic E-state index is 5.56. The molecule has 0 saturated heterocycles. The normalized spacial score (nSPS) is 13.0. The first-order valence-electron chi connectivity index (χ1n) is 5.12. The van der Waals surface area contributed by atoms with Gasteiger partial charge >= 0.3 is 0 Å². The van der Waals surface area contributed by atoms with E-state index >= 15 is 0 Å². The fourth-order valence-corrected chi connectivity index (χ4v) is 1.19. The van der Waals surface area contributed by atoms with Crippen molar-refractivity contribution in [1.29, 1.82) is 0 Å². The van der Waals surface area contributed by atoms with Crippen molar-refractivity contribution in [3.63, 3.8) is 0 Å². The molecule has 0 bridgehead atoms. The first kappa shape index (κ1) is 11.8. The van der Waals surface area contributed by atoms with Crippen LogP contribution in [0.3, 0.4) is 0 Å². The molecule has 0 spiro atoms. The molecule has 0 amide bonds. The summed E-state index contributed by atoms with van der Waals surface area (Å²) in [5, 5.41) is 0. The Balaban J connectivity index is 2.97. The number of nitrogens with one attached hydrogen (secondary N) is 1. The van der Waals surface area contributed by atoms with E-state index < -0.39 is 0 Å². The van der Waals surface area contributed by atoms with E-state index in [9.17, 15) is 0 Å². The lowest BCUT2D eigenvalue weighted by molar-refractivity contribution is 0.500. The van der Waals surface area contributed by atoms with Crippen LogP contribution >= 0.6 is 0 Å². The predicted octanol–water partition coefficient (Wildman–Crippen LogP) is 1.85. The largest absolute Gasteiger partial charge is 0.458 e. The Kier molecular flexibility index (Phi) is 3.52. The maximum Gasteiger partial charge on any atom is 0.179 e. The molecule has 0 aliphatic carbocycles. The lowest BCUT2D eigenvalue weighted by atomic mass is 10.1. The monoisotopic (exact) mass is 209 g/mol. The van der Waals surface area contributed by atoms with Gasteiger partial charge in [0.25, 0.3) is 0 Å². The molecule has 4 nitrogen and oxygen atoms in total. The highest BCUT2D eigenvalue weighted by atomic mass is 16.3. The van der Waals surface area contributed by atoms with Gasteiger partial charge in [-0.3, -0.25) is 4.99 Å². The molecule has 4 heteroatoms. The highest BCUT2D eigenvalue weighted by Crippen LogP contribution is 2.12. The SMILES string of the molecule is CCc1ccc(C(=NC(C)(C)C)NN)o1. The van der Waals surface area contributed by atoms with Gasteiger partial charge in [0.2, 0.25) is 0 Å². The molecule has 84 valence electrons. The molecule has 1 aromatic heterocycles. The molecule has 1 aromatic rings. The van der Waals surface area contributed by atoms with Crippen LogP contribution in [0.1, 0.15) is 39.2 Å². The molecule has 3 N–H and O–H groups in total. The average molecular weight is 209 g/mol. The minimum Gasteiger partial charge on any atom is -0.458 e. The first-order valence-corrected chi connectivity index (χ1v) is 5.12. The van der Waals surface area contributed by atoms with Crippen LogP contribution in [-0.2, 0) is 6.42 Å². The molecule has 0 unspecified atom stereocenters. The van der Waals surface area contributed by atoms with E-state index in [1.165, 1.54) is 0 Å². The fraction of sp³-hybridized carbons (Fsp3) is 0.545. The second-order valence-corrected chi connectivity index (χ2v) is 4.40. The number of hydrazine groups is 1. The molecule has 0 atom stereocenters. The highest BCUT2D eigenvalue weighted by molar-refractivity contribution is 5.96. The number of furan rings is 1. The molecule has 1 heterocycles. The standard InChI is InChI=1S/C11H19N3O/c1-5-8-6-7-9(15-8)10(14-12)13-11(2,3)4/h6-7H,5,12H2,1-4H3,(H,13,14). The molecule has 0 radical (unpaired) electrons. The molecule has 15 heavy (non-hydrogen) atoms. The average Bonchev–Trinajstić information content (AvgIpc) is 2.60. The lowest BCUT2D eigenvalue weighted by Crippen LogP contribution is -2.33. The second-order valence-electron chi connectivity index (χ2n) is 4.40. The van der Waals surface area contributed by atoms with Crippen molar-refractivity contribution >= 4 is 5.84 Å². The van der Waals surface area contributed by atoms with Gasteiger partial charge in [-0.05, 0) is 32.9 Å². The Morgan fingerprint density at radius 3 is 2.53 bits per heavy atom. The summed E-state index contributed by atoms with van der Waals surface area (Å²) in [6.45, 7) is 8.06. The summed E-state index contributed by atoms with van der Waals surface area (Å²) in [7, 11) is 0. The van der Waals surface area contributed by atoms with Gasteiger partial charge in [0.05, 0.1) is 5.54 Å². The number of aryl methyl sites for hydroxylation is 1. The van der Waals surface area contributed by atoms with Gasteiger partial charge in [-0.1, -0.05) is 6.92 Å². The zero-order valence-electron chi connectivity index (χ0n) is 9.79. The summed E-state index contributed by atoms with van der Waals surface area (Å²) < 4.78 is 5.56. The predicted molar refractivity (Wildman–Crippen MR) is 61.7 cm³/mol. The van der Waals surface area contributed by atoms with E-state index in [0.29, 0.717) is 11.6 Å². The number of hydrogen-bond acceptors (Lipinski definition) is 3. The zero-order valence-corrected chi connectivity index (χ0v) is 9.79. The van der Waals surface area contributed by atoms with E-state index in [-0.39, 0.29) is 5.54 Å². The Hall–Kier alpha value is -1.29. The maximum atomic E-state index is 5.56. The van der Waals surface area contributed by atoms with Crippen LogP contribution in [0.4, 0.5) is 0 Å². The smallest absolute Gasteiger partial charge is 0.179 e. The van der Waals surface area contributed by atoms with Gasteiger partial charge in [0.1, 0.15) is 5.76 Å². The molecule has 0 aliphatic heterocycles. The minimum atomic E-state index is -0.180. The van der Waals surface area contributed by atoms with Gasteiger partial charge < -0.3 is 9.84 Å². The van der Waals surface area contributed by atoms with Crippen molar-refractivity contribution in [3.8, 4) is 0 Å². The van der Waals surface area contributed by atoms with Crippen LogP contribution in [-0.4, -0.2) is 11.4 Å². The van der Waals surface area contributed by atoms with Gasteiger partial charge in [-0.2, -0.15) is 0 Å². The number of nitrogens with zero attached hydrogens (tertiary/aromatic N) is 1. The van der Waals surface area contributed by atoms with E-state index in [0.717, 1.165) is 12.2 Å². The van der Waals surface area contributed by atoms with E-state index in [2.05, 4.69) is 10.4 Å². The summed E-state index contributed by atoms with van der Waals surface area (Å²) in [5.41, 5.74) is 2.39. The first-order chi connectivity index (χ1) is 6.96. The van der Waals surface area contributed by atoms with Crippen LogP contribution < -0.4 is 11.3 Å². The third-order valence-electron chi connectivity index (χ3n) is 1.83. The molecular formula is C11H19N3O. The minimum absolute atomic E-state index is 0.180. The molecule has 0 saturated carbocycles. The summed E-state index contributed by atoms with van der Waals surface area (Å²) >= 11 is 0. The van der Waals surface area contributed by atoms with Crippen molar-refractivity contribution in [2.45, 2.75) is 39.7 Å². The molecule has 1 rings (SSSR count). The molecule has 0 aromatic carbocycles. The van der Waals surface area contributed by atoms with Gasteiger partial charge in [0, 0.05) is 6.42 Å². The van der Waals surface area contributed by atoms with Crippen LogP contribution in [0.2, 0.25) is 0 Å². The van der Waals surface area contributed by atoms with Crippen molar-refractivity contribution in [2.24, 2.45) is 10.8 Å². The van der Waals surface area contributed by atoms with Crippen LogP contribution in [0, 0.1) is 0 Å². The fourth-order valence-electron chi connectivity index (χ4n) is 1.19. The number of aliphatic imine (C=N–C) groups is 1. The molecule has 0 fully saturated rings. The van der Waals surface area contributed by atoms with Crippen molar-refractivity contribution in [1.82, 2.24) is 5.43 Å². The quantitative estimate of drug-likeness (QED) is 0.338. The summed E-state index contributed by atoms with van der Waals surface area (Å²) in [6.07, 6.45) is 0.868. The topological polar surface area (TPSA) is 63.5 Å². The van der Waals surface area contributed by atoms with E-state index in [1.54, 1.807) is 0 Å². The molecular weight excluding hydrogens is 190 g/mol. The van der Waals surface area contributed by atoms with Gasteiger partial charge in [0.15, 0.2) is 11.6 Å². The Morgan fingerprint density at radius 2 is 2.13 bits per heavy atom. The van der Waals surface area contributed by atoms with E-state index in [1.807, 2.05) is 39.8 Å². The van der Waals surface area contributed by atoms with Crippen LogP contribution in [0.15, 0.2) is 21.5 Å². The second kappa shape index (κ2) is 4.49. The number of rotatable bonds is 2.